The van der Waals surface area contributed by atoms with Crippen LogP contribution in [0.15, 0.2) is 47.6 Å². The van der Waals surface area contributed by atoms with E-state index in [-0.39, 0.29) is 115 Å². The first-order valence-corrected chi connectivity index (χ1v) is 38.1. The molecule has 10 N–H and O–H groups in total. The lowest BCUT2D eigenvalue weighted by molar-refractivity contribution is -0.225. The van der Waals surface area contributed by atoms with Crippen molar-refractivity contribution in [2.45, 2.75) is 225 Å². The van der Waals surface area contributed by atoms with Crippen LogP contribution >= 0.6 is 0 Å². The number of amides is 2. The van der Waals surface area contributed by atoms with Gasteiger partial charge in [-0.2, -0.15) is 0 Å². The van der Waals surface area contributed by atoms with E-state index in [2.05, 4.69) is 153 Å². The molecule has 2 amide bonds. The van der Waals surface area contributed by atoms with Crippen LogP contribution < -0.4 is 33.6 Å². The van der Waals surface area contributed by atoms with Crippen molar-refractivity contribution < 1.29 is 28.7 Å². The maximum absolute atomic E-state index is 14.9. The molecule has 1 unspecified atom stereocenters. The molecule has 0 aromatic carbocycles. The molecule has 10 aliphatic rings. The van der Waals surface area contributed by atoms with Gasteiger partial charge in [0.1, 0.15) is 12.2 Å². The fourth-order valence-electron chi connectivity index (χ4n) is 26.2. The molecule has 10 aliphatic carbocycles. The van der Waals surface area contributed by atoms with Crippen LogP contribution in [0.4, 0.5) is 0 Å². The average Bonchev–Trinajstić information content (AvgIpc) is 1.00. The Kier molecular flexibility index (Phi) is 21.6. The Morgan fingerprint density at radius 1 is 0.500 bits per heavy atom. The molecule has 534 valence electrons. The molecule has 14 heteroatoms. The van der Waals surface area contributed by atoms with Gasteiger partial charge in [0.15, 0.2) is 0 Å². The van der Waals surface area contributed by atoms with Crippen LogP contribution in [0.5, 0.6) is 0 Å². The second-order valence-electron chi connectivity index (χ2n) is 35.8. The fraction of sp³-hybridized carbons (Fsp3) is 0.805. The van der Waals surface area contributed by atoms with Crippen molar-refractivity contribution in [2.75, 3.05) is 78.5 Å². The number of esters is 2. The minimum Gasteiger partial charge on any atom is -0.462 e. The predicted octanol–water partition coefficient (Wildman–Crippen LogP) is 11.9. The smallest absolute Gasteiger partial charge is 0.302 e. The summed E-state index contributed by atoms with van der Waals surface area (Å²) in [5.74, 6) is 16.0. The van der Waals surface area contributed by atoms with Crippen LogP contribution in [0.25, 0.3) is 0 Å². The van der Waals surface area contributed by atoms with Crippen molar-refractivity contribution in [3.05, 3.63) is 47.6 Å². The van der Waals surface area contributed by atoms with Crippen molar-refractivity contribution in [1.82, 2.24) is 20.4 Å². The molecule has 8 saturated carbocycles. The first kappa shape index (κ1) is 74.4. The molecular formula is C82H130N8O6. The SMILES string of the molecule is C=C(C)C1CC[C@]2(C(=O)NCCN(CCN)CCN)CC[C@]3(C)C(=CC[C@@H]4[C@@]5(C)C[C@@H](CC#CC#CC[C@@H]6C[C@]7(C)[C@H]8CC=C9[C@H]%10[C@H](C(=C)C)CC[C@]%10(C(=O)NCCN(CCN)CCN)CC[C@@]9(C)[C@]8(C)CC[C@H]7C(C)(C)[C@H]6OC(C)=O)[C@H](OC(C)=O)C(C)(C)[C@@H]5CC[C@]43C)[C@@H]12. The van der Waals surface area contributed by atoms with Crippen LogP contribution in [0.1, 0.15) is 213 Å². The molecule has 96 heavy (non-hydrogen) atoms. The van der Waals surface area contributed by atoms with Gasteiger partial charge in [0.25, 0.3) is 0 Å². The lowest BCUT2D eigenvalue weighted by Gasteiger charge is -2.71. The highest BCUT2D eigenvalue weighted by Crippen LogP contribution is 2.79. The molecule has 10 rings (SSSR count). The minimum atomic E-state index is -0.465. The van der Waals surface area contributed by atoms with Gasteiger partial charge in [-0.05, 0) is 196 Å². The third-order valence-electron chi connectivity index (χ3n) is 30.6. The molecular weight excluding hydrogens is 1190 g/mol. The normalized spacial score (nSPS) is 41.2. The van der Waals surface area contributed by atoms with E-state index in [9.17, 15) is 19.2 Å². The van der Waals surface area contributed by atoms with Crippen molar-refractivity contribution >= 4 is 23.8 Å². The van der Waals surface area contributed by atoms with E-state index in [1.54, 1.807) is 13.8 Å². The molecule has 14 nitrogen and oxygen atoms in total. The number of ether oxygens (including phenoxy) is 2. The number of rotatable bonds is 22. The molecule has 8 fully saturated rings. The summed E-state index contributed by atoms with van der Waals surface area (Å²) in [5, 5.41) is 6.93. The molecule has 0 spiro atoms. The van der Waals surface area contributed by atoms with E-state index in [1.165, 1.54) is 22.3 Å². The second kappa shape index (κ2) is 27.9. The minimum absolute atomic E-state index is 0.00978. The lowest BCUT2D eigenvalue weighted by Crippen LogP contribution is -2.66. The maximum Gasteiger partial charge on any atom is 0.302 e. The summed E-state index contributed by atoms with van der Waals surface area (Å²) in [7, 11) is 0. The third kappa shape index (κ3) is 12.2. The number of hydrogen-bond acceptors (Lipinski definition) is 12. The molecule has 0 radical (unpaired) electrons. The summed E-state index contributed by atoms with van der Waals surface area (Å²) in [6, 6.07) is 0. The summed E-state index contributed by atoms with van der Waals surface area (Å²) in [5.41, 5.74) is 27.3. The topological polar surface area (TPSA) is 221 Å². The highest BCUT2D eigenvalue weighted by Gasteiger charge is 2.74. The van der Waals surface area contributed by atoms with E-state index in [0.717, 1.165) is 142 Å². The molecule has 0 saturated heterocycles. The number of carbonyl (C=O) groups excluding carboxylic acids is 4. The Bertz CT molecular complexity index is 2950. The third-order valence-corrected chi connectivity index (χ3v) is 30.6. The fourth-order valence-corrected chi connectivity index (χ4v) is 26.2. The van der Waals surface area contributed by atoms with Crippen LogP contribution in [-0.4, -0.2) is 124 Å². The zero-order chi connectivity index (χ0) is 70.0. The van der Waals surface area contributed by atoms with Gasteiger partial charge in [-0.3, -0.25) is 29.0 Å². The first-order valence-electron chi connectivity index (χ1n) is 38.1. The Balaban J connectivity index is 0.891. The average molecular weight is 1320 g/mol. The summed E-state index contributed by atoms with van der Waals surface area (Å²) in [6.07, 6.45) is 21.2. The van der Waals surface area contributed by atoms with Crippen molar-refractivity contribution in [1.29, 1.82) is 0 Å². The summed E-state index contributed by atoms with van der Waals surface area (Å²) in [6.45, 7) is 49.6. The van der Waals surface area contributed by atoms with Gasteiger partial charge >= 0.3 is 11.9 Å². The zero-order valence-corrected chi connectivity index (χ0v) is 62.4. The Labute approximate surface area is 580 Å². The molecule has 0 aliphatic heterocycles. The largest absolute Gasteiger partial charge is 0.462 e. The standard InChI is InChI=1S/C82H130N8O6/c1-53(2)59-27-33-81(71(93)87-43-49-89(45-39-83)46-40-84)37-35-77(13)61(67(59)81)23-25-65-75(11)51-57(69(95-55(5)91)73(7,8)63(75)29-31-79(65,77)15)21-19-17-18-20-22-58-52-76(12)64(74(9,10)70(58)96-56(6)92)30-32-80(16)66(76)26-24-62-68-60(54(3)4)28-34-82(68,38-36-78(62,80)14)72(94)88-44-50-90(47-41-85)48-42-86/h23-24,57-60,63-70H,1,3,21-22,25-52,83-86H2,2,4-16H3,(H,87,93)(H,88,94)/t57-,58-,59+,60?,63+,64+,65-,66-,67-,68-,69+,70+,75+,76+,77-,78-,79-,80-,81+,82+/m1/s1. The quantitative estimate of drug-likeness (QED) is 0.0339. The molecule has 0 aromatic rings. The Morgan fingerprint density at radius 2 is 0.854 bits per heavy atom. The van der Waals surface area contributed by atoms with E-state index in [1.807, 2.05) is 0 Å². The van der Waals surface area contributed by atoms with E-state index in [4.69, 9.17) is 32.4 Å². The van der Waals surface area contributed by atoms with E-state index in [0.29, 0.717) is 75.8 Å². The molecule has 0 bridgehead atoms. The van der Waals surface area contributed by atoms with E-state index >= 15 is 0 Å². The van der Waals surface area contributed by atoms with Crippen molar-refractivity contribution in [2.24, 2.45) is 136 Å². The van der Waals surface area contributed by atoms with Gasteiger partial charge in [0.05, 0.1) is 10.8 Å². The first-order chi connectivity index (χ1) is 45.2. The Hall–Kier alpha value is -4.28. The summed E-state index contributed by atoms with van der Waals surface area (Å²) in [4.78, 5) is 60.7. The monoisotopic (exact) mass is 1320 g/mol. The van der Waals surface area contributed by atoms with Gasteiger partial charge in [-0.25, -0.2) is 0 Å². The van der Waals surface area contributed by atoms with Gasteiger partial charge in [-0.15, -0.1) is 0 Å². The maximum atomic E-state index is 14.9. The highest BCUT2D eigenvalue weighted by molar-refractivity contribution is 5.85. The number of nitrogens with zero attached hydrogens (tertiary/aromatic N) is 2. The number of nitrogens with one attached hydrogen (secondary N) is 2. The van der Waals surface area contributed by atoms with Gasteiger partial charge in [0.2, 0.25) is 11.8 Å². The van der Waals surface area contributed by atoms with Crippen molar-refractivity contribution in [3.63, 3.8) is 0 Å². The number of carbonyl (C=O) groups is 4. The van der Waals surface area contributed by atoms with Crippen LogP contribution in [0.3, 0.4) is 0 Å². The van der Waals surface area contributed by atoms with Crippen LogP contribution in [0.2, 0.25) is 0 Å². The molecule has 0 heterocycles. The Morgan fingerprint density at radius 3 is 1.18 bits per heavy atom. The lowest BCUT2D eigenvalue weighted by atomic mass is 9.33. The number of nitrogens with two attached hydrogens (primary N) is 4. The van der Waals surface area contributed by atoms with Crippen molar-refractivity contribution in [3.8, 4) is 23.7 Å². The zero-order valence-electron chi connectivity index (χ0n) is 62.4. The van der Waals surface area contributed by atoms with E-state index < -0.39 is 10.8 Å². The second-order valence-corrected chi connectivity index (χ2v) is 35.8. The van der Waals surface area contributed by atoms with Gasteiger partial charge in [0, 0.05) is 140 Å². The summed E-state index contributed by atoms with van der Waals surface area (Å²) >= 11 is 0. The predicted molar refractivity (Wildman–Crippen MR) is 387 cm³/mol. The number of fused-ring (bicyclic) bond motifs is 14. The highest BCUT2D eigenvalue weighted by atomic mass is 16.5. The van der Waals surface area contributed by atoms with Crippen LogP contribution in [0, 0.1) is 137 Å². The molecule has 20 atom stereocenters. The van der Waals surface area contributed by atoms with Crippen LogP contribution in [-0.2, 0) is 28.7 Å². The number of hydrogen-bond donors (Lipinski definition) is 6. The van der Waals surface area contributed by atoms with Gasteiger partial charge < -0.3 is 43.0 Å². The molecule has 0 aromatic heterocycles. The van der Waals surface area contributed by atoms with Gasteiger partial charge in [-0.1, -0.05) is 129 Å². The summed E-state index contributed by atoms with van der Waals surface area (Å²) < 4.78 is 13.0. The number of allylic oxidation sites excluding steroid dienone is 6.